The van der Waals surface area contributed by atoms with E-state index in [9.17, 15) is 18.0 Å². The molecule has 1 unspecified atom stereocenters. The normalized spacial score (nSPS) is 19.9. The van der Waals surface area contributed by atoms with Crippen LogP contribution in [0.15, 0.2) is 28.7 Å². The van der Waals surface area contributed by atoms with Gasteiger partial charge < -0.3 is 31.3 Å². The van der Waals surface area contributed by atoms with E-state index in [0.29, 0.717) is 11.8 Å². The molecule has 2 aliphatic heterocycles. The third-order valence-corrected chi connectivity index (χ3v) is 8.55. The molecule has 4 heterocycles. The van der Waals surface area contributed by atoms with Gasteiger partial charge in [0.2, 0.25) is 0 Å². The van der Waals surface area contributed by atoms with E-state index in [2.05, 4.69) is 31.1 Å². The summed E-state index contributed by atoms with van der Waals surface area (Å²) in [6.07, 6.45) is 0. The van der Waals surface area contributed by atoms with Crippen LogP contribution in [0.5, 0.6) is 5.75 Å². The summed E-state index contributed by atoms with van der Waals surface area (Å²) in [5.41, 5.74) is 6.38. The van der Waals surface area contributed by atoms with Crippen molar-refractivity contribution in [3.8, 4) is 5.75 Å². The number of fused-ring (bicyclic) bond motifs is 1. The summed E-state index contributed by atoms with van der Waals surface area (Å²) in [5.74, 6) is -1.20. The molecule has 2 aromatic heterocycles. The van der Waals surface area contributed by atoms with E-state index < -0.39 is 34.2 Å². The molecule has 18 heteroatoms. The Morgan fingerprint density at radius 3 is 2.77 bits per heavy atom. The fourth-order valence-corrected chi connectivity index (χ4v) is 6.24. The molecule has 2 fully saturated rings. The second-order valence-corrected chi connectivity index (χ2v) is 11.9. The number of thiazole rings is 2. The SMILES string of the molecule is C[C@H]1C(NC(=O)/C(=N\OCCOc2ccc3nc(NC4CNC4)sc3c2)c2csc(N)n2)C(=O)N1S(=O)(=O)O. The first-order valence-corrected chi connectivity index (χ1v) is 14.7. The Balaban J connectivity index is 1.18. The van der Waals surface area contributed by atoms with Gasteiger partial charge in [-0.05, 0) is 25.1 Å². The van der Waals surface area contributed by atoms with Gasteiger partial charge in [-0.2, -0.15) is 8.42 Å². The Morgan fingerprint density at radius 2 is 2.13 bits per heavy atom. The molecule has 208 valence electrons. The number of oxime groups is 1. The van der Waals surface area contributed by atoms with Crippen LogP contribution in [-0.4, -0.2) is 89.2 Å². The zero-order chi connectivity index (χ0) is 27.7. The number of amides is 2. The number of hydrogen-bond donors (Lipinski definition) is 5. The molecule has 2 amide bonds. The minimum absolute atomic E-state index is 0.0199. The van der Waals surface area contributed by atoms with Crippen LogP contribution in [0.1, 0.15) is 12.6 Å². The summed E-state index contributed by atoms with van der Waals surface area (Å²) < 4.78 is 38.7. The molecule has 0 radical (unpaired) electrons. The number of benzene rings is 1. The lowest BCUT2D eigenvalue weighted by atomic mass is 10.0. The number of carbonyl (C=O) groups is 2. The van der Waals surface area contributed by atoms with Gasteiger partial charge in [0.15, 0.2) is 22.6 Å². The van der Waals surface area contributed by atoms with Gasteiger partial charge in [-0.25, -0.2) is 14.3 Å². The van der Waals surface area contributed by atoms with Crippen molar-refractivity contribution in [1.29, 1.82) is 0 Å². The van der Waals surface area contributed by atoms with Crippen molar-refractivity contribution in [1.82, 2.24) is 24.9 Å². The number of aromatic nitrogens is 2. The zero-order valence-corrected chi connectivity index (χ0v) is 22.8. The fourth-order valence-electron chi connectivity index (χ4n) is 3.84. The Kier molecular flexibility index (Phi) is 7.54. The number of nitrogens with one attached hydrogen (secondary N) is 3. The number of β-lactam (4-membered cyclic amide) rings is 1. The fraction of sp³-hybridized carbons (Fsp3) is 0.381. The Bertz CT molecular complexity index is 1540. The van der Waals surface area contributed by atoms with Crippen molar-refractivity contribution < 1.29 is 32.1 Å². The van der Waals surface area contributed by atoms with Gasteiger partial charge in [0, 0.05) is 18.5 Å². The molecule has 0 aliphatic carbocycles. The summed E-state index contributed by atoms with van der Waals surface area (Å²) in [5, 5.41) is 15.4. The van der Waals surface area contributed by atoms with Crippen molar-refractivity contribution in [3.05, 3.63) is 29.3 Å². The number of rotatable bonds is 11. The Labute approximate surface area is 230 Å². The molecule has 1 aromatic carbocycles. The van der Waals surface area contributed by atoms with E-state index in [4.69, 9.17) is 19.9 Å². The first-order valence-electron chi connectivity index (χ1n) is 11.6. The van der Waals surface area contributed by atoms with Crippen LogP contribution in [0.2, 0.25) is 0 Å². The summed E-state index contributed by atoms with van der Waals surface area (Å²) in [7, 11) is -4.73. The maximum atomic E-state index is 12.9. The van der Waals surface area contributed by atoms with Crippen molar-refractivity contribution in [3.63, 3.8) is 0 Å². The van der Waals surface area contributed by atoms with Crippen LogP contribution >= 0.6 is 22.7 Å². The molecular weight excluding hydrogens is 572 g/mol. The van der Waals surface area contributed by atoms with Gasteiger partial charge in [-0.3, -0.25) is 14.1 Å². The largest absolute Gasteiger partial charge is 0.490 e. The number of anilines is 2. The van der Waals surface area contributed by atoms with Crippen LogP contribution < -0.4 is 26.4 Å². The van der Waals surface area contributed by atoms with Gasteiger partial charge in [0.25, 0.3) is 11.8 Å². The highest BCUT2D eigenvalue weighted by atomic mass is 32.2. The lowest BCUT2D eigenvalue weighted by Crippen LogP contribution is -2.71. The summed E-state index contributed by atoms with van der Waals surface area (Å²) in [4.78, 5) is 38.9. The minimum Gasteiger partial charge on any atom is -0.490 e. The second-order valence-electron chi connectivity index (χ2n) is 8.64. The van der Waals surface area contributed by atoms with Gasteiger partial charge in [-0.1, -0.05) is 16.5 Å². The van der Waals surface area contributed by atoms with Crippen molar-refractivity contribution in [2.24, 2.45) is 5.16 Å². The first kappa shape index (κ1) is 27.0. The number of nitrogens with two attached hydrogens (primary N) is 1. The molecule has 2 atom stereocenters. The van der Waals surface area contributed by atoms with Gasteiger partial charge in [0.05, 0.1) is 22.3 Å². The van der Waals surface area contributed by atoms with Gasteiger partial charge in [-0.15, -0.1) is 11.3 Å². The Morgan fingerprint density at radius 1 is 1.33 bits per heavy atom. The topological polar surface area (TPSA) is 210 Å². The van der Waals surface area contributed by atoms with E-state index in [1.54, 1.807) is 6.07 Å². The van der Waals surface area contributed by atoms with Crippen LogP contribution in [0.25, 0.3) is 10.2 Å². The molecule has 2 aliphatic rings. The highest BCUT2D eigenvalue weighted by molar-refractivity contribution is 7.84. The monoisotopic (exact) mass is 596 g/mol. The van der Waals surface area contributed by atoms with Crippen molar-refractivity contribution in [2.75, 3.05) is 37.4 Å². The molecule has 0 spiro atoms. The lowest BCUT2D eigenvalue weighted by molar-refractivity contribution is -0.143. The van der Waals surface area contributed by atoms with E-state index in [-0.39, 0.29) is 34.1 Å². The summed E-state index contributed by atoms with van der Waals surface area (Å²) in [6, 6.07) is 3.74. The van der Waals surface area contributed by atoms with Gasteiger partial charge >= 0.3 is 10.3 Å². The summed E-state index contributed by atoms with van der Waals surface area (Å²) in [6.45, 7) is 3.28. The molecule has 39 heavy (non-hydrogen) atoms. The summed E-state index contributed by atoms with van der Waals surface area (Å²) >= 11 is 2.61. The molecule has 15 nitrogen and oxygen atoms in total. The number of nitrogen functional groups attached to an aromatic ring is 1. The van der Waals surface area contributed by atoms with Crippen LogP contribution in [0.4, 0.5) is 10.3 Å². The van der Waals surface area contributed by atoms with Crippen molar-refractivity contribution in [2.45, 2.75) is 25.0 Å². The Hall–Kier alpha value is -3.58. The highest BCUT2D eigenvalue weighted by Gasteiger charge is 2.51. The third-order valence-electron chi connectivity index (χ3n) is 5.92. The number of hydrogen-bond acceptors (Lipinski definition) is 14. The lowest BCUT2D eigenvalue weighted by Gasteiger charge is -2.42. The predicted octanol–water partition coefficient (Wildman–Crippen LogP) is 0.0367. The molecule has 3 aromatic rings. The molecular formula is C21H24N8O7S3. The van der Waals surface area contributed by atoms with E-state index in [0.717, 1.165) is 39.8 Å². The average Bonchev–Trinajstić information content (AvgIpc) is 3.46. The van der Waals surface area contributed by atoms with E-state index in [1.807, 2.05) is 12.1 Å². The first-order chi connectivity index (χ1) is 18.6. The molecule has 2 saturated heterocycles. The number of ether oxygens (including phenoxy) is 1. The number of nitrogens with zero attached hydrogens (tertiary/aromatic N) is 4. The van der Waals surface area contributed by atoms with Gasteiger partial charge in [0.1, 0.15) is 24.1 Å². The van der Waals surface area contributed by atoms with Crippen LogP contribution in [0, 0.1) is 0 Å². The zero-order valence-electron chi connectivity index (χ0n) is 20.4. The van der Waals surface area contributed by atoms with Crippen LogP contribution in [-0.2, 0) is 24.7 Å². The smallest absolute Gasteiger partial charge is 0.362 e. The van der Waals surface area contributed by atoms with Crippen molar-refractivity contribution >= 4 is 71.0 Å². The quantitative estimate of drug-likeness (QED) is 0.0653. The van der Waals surface area contributed by atoms with Crippen LogP contribution in [0.3, 0.4) is 0 Å². The predicted molar refractivity (Wildman–Crippen MR) is 144 cm³/mol. The maximum absolute atomic E-state index is 12.9. The molecule has 5 rings (SSSR count). The minimum atomic E-state index is -4.73. The molecule has 6 N–H and O–H groups in total. The average molecular weight is 597 g/mol. The standard InChI is InChI=1S/C21H24N8O7S3/c1-10-16(19(31)29(10)39(32,33)34)27-18(30)17(14-9-37-20(22)25-14)28-36-5-4-35-12-2-3-13-15(6-12)38-21(26-13)24-11-7-23-8-11/h2-3,6,9-11,16,23H,4-5,7-8H2,1H3,(H2,22,25)(H,24,26)(H,27,30)(H,32,33,34)/b28-17-/t10-,16?/m0/s1. The number of carbonyl (C=O) groups excluding carboxylic acids is 2. The maximum Gasteiger partial charge on any atom is 0.362 e. The van der Waals surface area contributed by atoms with E-state index in [1.165, 1.54) is 23.6 Å². The third kappa shape index (κ3) is 5.88. The highest BCUT2D eigenvalue weighted by Crippen LogP contribution is 2.30. The second kappa shape index (κ2) is 10.9. The molecule has 0 saturated carbocycles. The van der Waals surface area contributed by atoms with E-state index >= 15 is 0 Å². The molecule has 0 bridgehead atoms.